The molecule has 1 amide bonds. The number of fused-ring (bicyclic) bond motifs is 2. The van der Waals surface area contributed by atoms with Crippen LogP contribution in [-0.2, 0) is 11.3 Å². The number of hydrogen-bond acceptors (Lipinski definition) is 2. The predicted molar refractivity (Wildman–Crippen MR) is 94.7 cm³/mol. The van der Waals surface area contributed by atoms with Gasteiger partial charge < -0.3 is 15.2 Å². The van der Waals surface area contributed by atoms with Crippen molar-refractivity contribution in [2.45, 2.75) is 32.4 Å². The molecule has 0 spiro atoms. The van der Waals surface area contributed by atoms with Crippen molar-refractivity contribution >= 4 is 29.2 Å². The third kappa shape index (κ3) is 2.74. The highest BCUT2D eigenvalue weighted by atomic mass is 35.5. The van der Waals surface area contributed by atoms with Crippen molar-refractivity contribution in [3.05, 3.63) is 36.0 Å². The van der Waals surface area contributed by atoms with Gasteiger partial charge in [-0.15, -0.1) is 12.4 Å². The summed E-state index contributed by atoms with van der Waals surface area (Å²) in [5.74, 6) is 1.37. The van der Waals surface area contributed by atoms with Gasteiger partial charge in [0.1, 0.15) is 6.54 Å². The fourth-order valence-corrected chi connectivity index (χ4v) is 4.30. The lowest BCUT2D eigenvalue weighted by Gasteiger charge is -2.20. The molecule has 2 fully saturated rings. The van der Waals surface area contributed by atoms with Crippen LogP contribution in [0.3, 0.4) is 0 Å². The van der Waals surface area contributed by atoms with Crippen LogP contribution in [-0.4, -0.2) is 34.5 Å². The average molecular weight is 334 g/mol. The molecule has 5 heteroatoms. The second kappa shape index (κ2) is 6.17. The van der Waals surface area contributed by atoms with Gasteiger partial charge in [0.25, 0.3) is 0 Å². The molecule has 0 radical (unpaired) electrons. The molecule has 124 valence electrons. The van der Waals surface area contributed by atoms with E-state index in [2.05, 4.69) is 29.7 Å². The average Bonchev–Trinajstić information content (AvgIpc) is 3.15. The van der Waals surface area contributed by atoms with Crippen molar-refractivity contribution in [1.82, 2.24) is 9.47 Å². The number of hydrogen-bond donors (Lipinski definition) is 1. The van der Waals surface area contributed by atoms with E-state index in [1.54, 1.807) is 0 Å². The Morgan fingerprint density at radius 3 is 2.83 bits per heavy atom. The molecule has 2 aromatic rings. The summed E-state index contributed by atoms with van der Waals surface area (Å²) in [6.07, 6.45) is 2.31. The Hall–Kier alpha value is -1.52. The van der Waals surface area contributed by atoms with E-state index >= 15 is 0 Å². The van der Waals surface area contributed by atoms with Crippen LogP contribution in [0.1, 0.15) is 18.5 Å². The molecule has 0 bridgehead atoms. The number of para-hydroxylation sites is 1. The van der Waals surface area contributed by atoms with Crippen LogP contribution >= 0.6 is 12.4 Å². The quantitative estimate of drug-likeness (QED) is 0.918. The molecule has 3 atom stereocenters. The molecule has 1 aromatic heterocycles. The zero-order valence-electron chi connectivity index (χ0n) is 13.4. The monoisotopic (exact) mass is 333 g/mol. The van der Waals surface area contributed by atoms with Gasteiger partial charge in [0, 0.05) is 30.3 Å². The second-order valence-electron chi connectivity index (χ2n) is 6.89. The minimum atomic E-state index is 0. The Morgan fingerprint density at radius 2 is 2.04 bits per heavy atom. The Labute approximate surface area is 143 Å². The van der Waals surface area contributed by atoms with Crippen LogP contribution < -0.4 is 5.73 Å². The van der Waals surface area contributed by atoms with E-state index in [4.69, 9.17) is 5.73 Å². The molecule has 1 aliphatic heterocycles. The first-order chi connectivity index (χ1) is 10.6. The number of carbonyl (C=O) groups is 1. The standard InChI is InChI=1S/C18H23N3O.ClH/c1-12-8-13-4-2-3-5-17(13)21(12)11-18(22)20-9-14-6-7-16(19)15(14)10-20;/h2-5,8,14-16H,6-7,9-11,19H2,1H3;1H. The van der Waals surface area contributed by atoms with Gasteiger partial charge in [-0.05, 0) is 49.1 Å². The summed E-state index contributed by atoms with van der Waals surface area (Å²) in [6.45, 7) is 4.26. The van der Waals surface area contributed by atoms with Crippen molar-refractivity contribution < 1.29 is 4.79 Å². The smallest absolute Gasteiger partial charge is 0.242 e. The summed E-state index contributed by atoms with van der Waals surface area (Å²) < 4.78 is 2.13. The summed E-state index contributed by atoms with van der Waals surface area (Å²) in [5.41, 5.74) is 8.46. The maximum Gasteiger partial charge on any atom is 0.242 e. The molecular weight excluding hydrogens is 310 g/mol. The van der Waals surface area contributed by atoms with E-state index < -0.39 is 0 Å². The fraction of sp³-hybridized carbons (Fsp3) is 0.500. The van der Waals surface area contributed by atoms with Gasteiger partial charge in [0.15, 0.2) is 0 Å². The zero-order valence-corrected chi connectivity index (χ0v) is 14.3. The Morgan fingerprint density at radius 1 is 1.26 bits per heavy atom. The molecule has 2 aliphatic rings. The first-order valence-corrected chi connectivity index (χ1v) is 8.21. The lowest BCUT2D eigenvalue weighted by molar-refractivity contribution is -0.131. The van der Waals surface area contributed by atoms with Gasteiger partial charge in [-0.1, -0.05) is 18.2 Å². The van der Waals surface area contributed by atoms with E-state index in [1.165, 1.54) is 11.8 Å². The SMILES string of the molecule is Cc1cc2ccccc2n1CC(=O)N1CC2CCC(N)C2C1.Cl. The molecule has 4 rings (SSSR count). The van der Waals surface area contributed by atoms with Gasteiger partial charge in [-0.2, -0.15) is 0 Å². The van der Waals surface area contributed by atoms with Crippen molar-refractivity contribution in [3.8, 4) is 0 Å². The zero-order chi connectivity index (χ0) is 15.3. The first kappa shape index (κ1) is 16.3. The van der Waals surface area contributed by atoms with Crippen LogP contribution in [0.25, 0.3) is 10.9 Å². The lowest BCUT2D eigenvalue weighted by atomic mass is 9.98. The number of aromatic nitrogens is 1. The van der Waals surface area contributed by atoms with E-state index in [1.807, 2.05) is 17.0 Å². The van der Waals surface area contributed by atoms with Crippen LogP contribution in [0.15, 0.2) is 30.3 Å². The highest BCUT2D eigenvalue weighted by Gasteiger charge is 2.42. The molecule has 1 saturated carbocycles. The molecule has 4 nitrogen and oxygen atoms in total. The van der Waals surface area contributed by atoms with Crippen LogP contribution in [0.4, 0.5) is 0 Å². The summed E-state index contributed by atoms with van der Waals surface area (Å²) >= 11 is 0. The summed E-state index contributed by atoms with van der Waals surface area (Å²) in [6, 6.07) is 10.7. The van der Waals surface area contributed by atoms with Gasteiger partial charge in [-0.3, -0.25) is 4.79 Å². The molecule has 3 unspecified atom stereocenters. The van der Waals surface area contributed by atoms with Crippen LogP contribution in [0.5, 0.6) is 0 Å². The van der Waals surface area contributed by atoms with E-state index in [0.29, 0.717) is 18.4 Å². The van der Waals surface area contributed by atoms with Crippen molar-refractivity contribution in [2.24, 2.45) is 17.6 Å². The molecule has 23 heavy (non-hydrogen) atoms. The number of benzene rings is 1. The topological polar surface area (TPSA) is 51.3 Å². The lowest BCUT2D eigenvalue weighted by Crippen LogP contribution is -2.35. The molecule has 1 aromatic carbocycles. The second-order valence-corrected chi connectivity index (χ2v) is 6.89. The predicted octanol–water partition coefficient (Wildman–Crippen LogP) is 2.57. The normalized spacial score (nSPS) is 26.3. The van der Waals surface area contributed by atoms with Crippen LogP contribution in [0, 0.1) is 18.8 Å². The maximum atomic E-state index is 12.7. The van der Waals surface area contributed by atoms with E-state index in [9.17, 15) is 4.79 Å². The third-order valence-corrected chi connectivity index (χ3v) is 5.58. The van der Waals surface area contributed by atoms with Gasteiger partial charge in [0.05, 0.1) is 0 Å². The Kier molecular flexibility index (Phi) is 4.39. The minimum Gasteiger partial charge on any atom is -0.341 e. The third-order valence-electron chi connectivity index (χ3n) is 5.58. The number of nitrogens with zero attached hydrogens (tertiary/aromatic N) is 2. The number of halogens is 1. The Bertz CT molecular complexity index is 726. The first-order valence-electron chi connectivity index (χ1n) is 8.21. The fourth-order valence-electron chi connectivity index (χ4n) is 4.30. The number of rotatable bonds is 2. The maximum absolute atomic E-state index is 12.7. The summed E-state index contributed by atoms with van der Waals surface area (Å²) in [4.78, 5) is 14.7. The van der Waals surface area contributed by atoms with Crippen molar-refractivity contribution in [1.29, 1.82) is 0 Å². The molecule has 2 heterocycles. The van der Waals surface area contributed by atoms with Gasteiger partial charge in [0.2, 0.25) is 5.91 Å². The molecule has 2 N–H and O–H groups in total. The molecule has 1 saturated heterocycles. The van der Waals surface area contributed by atoms with Crippen molar-refractivity contribution in [2.75, 3.05) is 13.1 Å². The highest BCUT2D eigenvalue weighted by molar-refractivity contribution is 5.85. The number of carbonyl (C=O) groups excluding carboxylic acids is 1. The summed E-state index contributed by atoms with van der Waals surface area (Å²) in [5, 5.41) is 1.20. The number of amides is 1. The Balaban J connectivity index is 0.00000156. The van der Waals surface area contributed by atoms with Gasteiger partial charge in [-0.25, -0.2) is 0 Å². The van der Waals surface area contributed by atoms with Crippen LogP contribution in [0.2, 0.25) is 0 Å². The van der Waals surface area contributed by atoms with Gasteiger partial charge >= 0.3 is 0 Å². The van der Waals surface area contributed by atoms with Crippen molar-refractivity contribution in [3.63, 3.8) is 0 Å². The van der Waals surface area contributed by atoms with E-state index in [0.717, 1.165) is 30.7 Å². The minimum absolute atomic E-state index is 0. The summed E-state index contributed by atoms with van der Waals surface area (Å²) in [7, 11) is 0. The number of nitrogens with two attached hydrogens (primary N) is 1. The van der Waals surface area contributed by atoms with E-state index in [-0.39, 0.29) is 24.4 Å². The number of likely N-dealkylation sites (tertiary alicyclic amines) is 1. The number of aryl methyl sites for hydroxylation is 1. The highest BCUT2D eigenvalue weighted by Crippen LogP contribution is 2.37. The molecule has 1 aliphatic carbocycles. The molecular formula is C18H24ClN3O. The largest absolute Gasteiger partial charge is 0.341 e.